The Kier molecular flexibility index (Phi) is 6.83. The zero-order valence-electron chi connectivity index (χ0n) is 16.4. The van der Waals surface area contributed by atoms with Gasteiger partial charge in [-0.25, -0.2) is 4.98 Å². The number of carbonyl (C=O) groups excluding carboxylic acids is 1. The van der Waals surface area contributed by atoms with Crippen molar-refractivity contribution in [1.29, 1.82) is 0 Å². The summed E-state index contributed by atoms with van der Waals surface area (Å²) in [6.07, 6.45) is 0.866. The van der Waals surface area contributed by atoms with Gasteiger partial charge in [0.15, 0.2) is 5.13 Å². The lowest BCUT2D eigenvalue weighted by molar-refractivity contribution is -0.708. The Morgan fingerprint density at radius 2 is 1.93 bits per heavy atom. The Morgan fingerprint density at radius 3 is 2.61 bits per heavy atom. The molecule has 0 radical (unpaired) electrons. The molecule has 28 heavy (non-hydrogen) atoms. The van der Waals surface area contributed by atoms with E-state index in [1.807, 2.05) is 35.7 Å². The largest absolute Gasteiger partial charge is 0.335 e. The Balaban J connectivity index is 1.74. The van der Waals surface area contributed by atoms with Crippen LogP contribution >= 0.6 is 22.9 Å². The average Bonchev–Trinajstić information content (AvgIpc) is 3.15. The molecule has 0 bridgehead atoms. The minimum Gasteiger partial charge on any atom is -0.335 e. The number of halogens is 1. The second-order valence-electron chi connectivity index (χ2n) is 6.74. The fraction of sp³-hybridized carbons (Fsp3) is 0.273. The molecule has 0 unspecified atom stereocenters. The topological polar surface area (TPSA) is 49.8 Å². The predicted octanol–water partition coefficient (Wildman–Crippen LogP) is 4.87. The van der Waals surface area contributed by atoms with Crippen molar-refractivity contribution >= 4 is 39.7 Å². The van der Waals surface area contributed by atoms with Gasteiger partial charge in [-0.3, -0.25) is 9.69 Å². The molecule has 2 aromatic carbocycles. The predicted molar refractivity (Wildman–Crippen MR) is 116 cm³/mol. The van der Waals surface area contributed by atoms with Crippen LogP contribution in [0.4, 0.5) is 10.8 Å². The van der Waals surface area contributed by atoms with Crippen molar-refractivity contribution in [1.82, 2.24) is 4.98 Å². The number of para-hydroxylation sites is 1. The Morgan fingerprint density at radius 1 is 1.21 bits per heavy atom. The number of rotatable bonds is 7. The molecule has 6 heteroatoms. The Labute approximate surface area is 175 Å². The van der Waals surface area contributed by atoms with Crippen molar-refractivity contribution in [3.8, 4) is 0 Å². The van der Waals surface area contributed by atoms with Crippen LogP contribution in [-0.4, -0.2) is 10.9 Å². The summed E-state index contributed by atoms with van der Waals surface area (Å²) in [5.41, 5.74) is 4.25. The van der Waals surface area contributed by atoms with E-state index < -0.39 is 0 Å². The van der Waals surface area contributed by atoms with E-state index in [9.17, 15) is 4.79 Å². The lowest BCUT2D eigenvalue weighted by atomic mass is 10.1. The van der Waals surface area contributed by atoms with Crippen molar-refractivity contribution in [2.45, 2.75) is 39.8 Å². The van der Waals surface area contributed by atoms with Crippen LogP contribution in [-0.2, 0) is 17.8 Å². The summed E-state index contributed by atoms with van der Waals surface area (Å²) in [6.45, 7) is 6.59. The van der Waals surface area contributed by atoms with Gasteiger partial charge in [0.25, 0.3) is 0 Å². The van der Waals surface area contributed by atoms with Crippen LogP contribution in [0.3, 0.4) is 0 Å². The number of carbonyl (C=O) groups is 1. The first-order valence-electron chi connectivity index (χ1n) is 9.41. The highest BCUT2D eigenvalue weighted by Crippen LogP contribution is 2.31. The Hall–Kier alpha value is -2.21. The average molecular weight is 415 g/mol. The molecule has 0 aliphatic carbocycles. The highest BCUT2D eigenvalue weighted by molar-refractivity contribution is 7.14. The maximum Gasteiger partial charge on any atom is 0.230 e. The van der Waals surface area contributed by atoms with Crippen LogP contribution in [0.25, 0.3) is 0 Å². The third-order valence-electron chi connectivity index (χ3n) is 4.74. The van der Waals surface area contributed by atoms with Crippen LogP contribution in [0.5, 0.6) is 0 Å². The Bertz CT molecular complexity index is 939. The first-order chi connectivity index (χ1) is 13.5. The van der Waals surface area contributed by atoms with Gasteiger partial charge in [0, 0.05) is 22.9 Å². The van der Waals surface area contributed by atoms with E-state index in [0.29, 0.717) is 6.04 Å². The summed E-state index contributed by atoms with van der Waals surface area (Å²) in [5.74, 6) is -0.0275. The zero-order valence-corrected chi connectivity index (χ0v) is 17.9. The molecule has 0 saturated carbocycles. The van der Waals surface area contributed by atoms with Crippen molar-refractivity contribution in [3.63, 3.8) is 0 Å². The van der Waals surface area contributed by atoms with E-state index >= 15 is 0 Å². The quantitative estimate of drug-likeness (QED) is 0.599. The van der Waals surface area contributed by atoms with Gasteiger partial charge in [0.05, 0.1) is 5.69 Å². The van der Waals surface area contributed by atoms with E-state index in [-0.39, 0.29) is 5.91 Å². The molecule has 1 heterocycles. The number of aromatic nitrogens is 1. The normalized spacial score (nSPS) is 12.0. The molecule has 1 aromatic heterocycles. The van der Waals surface area contributed by atoms with E-state index in [1.54, 1.807) is 11.8 Å². The summed E-state index contributed by atoms with van der Waals surface area (Å²) < 4.78 is 0. The van der Waals surface area contributed by atoms with Crippen molar-refractivity contribution in [3.05, 3.63) is 75.8 Å². The van der Waals surface area contributed by atoms with Crippen LogP contribution in [0.15, 0.2) is 53.9 Å². The number of nitrogens with zero attached hydrogens (tertiary/aromatic N) is 2. The van der Waals surface area contributed by atoms with Crippen molar-refractivity contribution in [2.24, 2.45) is 0 Å². The monoisotopic (exact) mass is 414 g/mol. The minimum atomic E-state index is -0.0275. The minimum absolute atomic E-state index is 0.0275. The first kappa shape index (κ1) is 20.5. The summed E-state index contributed by atoms with van der Waals surface area (Å²) in [4.78, 5) is 18.8. The van der Waals surface area contributed by atoms with Gasteiger partial charge in [-0.05, 0) is 37.1 Å². The number of nitrogens with two attached hydrogens (primary N) is 1. The SMILES string of the molecule is CCc1ccccc1N(C(C)=O)c1nc(C[NH2+][C@@H](C)c2ccc(Cl)cc2)cs1. The second-order valence-corrected chi connectivity index (χ2v) is 8.01. The number of hydrogen-bond acceptors (Lipinski definition) is 3. The number of thiazole rings is 1. The highest BCUT2D eigenvalue weighted by atomic mass is 35.5. The maximum absolute atomic E-state index is 12.4. The van der Waals surface area contributed by atoms with Crippen LogP contribution in [0.2, 0.25) is 5.02 Å². The smallest absolute Gasteiger partial charge is 0.230 e. The summed E-state index contributed by atoms with van der Waals surface area (Å²) in [7, 11) is 0. The standard InChI is InChI=1S/C22H24ClN3OS/c1-4-17-7-5-6-8-21(17)26(16(3)27)22-25-20(14-28-22)13-24-15(2)18-9-11-19(23)12-10-18/h5-12,14-15,24H,4,13H2,1-3H3/p+1/t15-/m0/s1. The fourth-order valence-electron chi connectivity index (χ4n) is 3.13. The van der Waals surface area contributed by atoms with Crippen molar-refractivity contribution < 1.29 is 10.1 Å². The zero-order chi connectivity index (χ0) is 20.1. The van der Waals surface area contributed by atoms with E-state index in [2.05, 4.69) is 37.4 Å². The number of quaternary nitrogens is 1. The van der Waals surface area contributed by atoms with Crippen molar-refractivity contribution in [2.75, 3.05) is 4.90 Å². The molecular weight excluding hydrogens is 390 g/mol. The van der Waals surface area contributed by atoms with E-state index in [1.165, 1.54) is 16.9 Å². The number of hydrogen-bond donors (Lipinski definition) is 1. The first-order valence-corrected chi connectivity index (χ1v) is 10.7. The number of aryl methyl sites for hydroxylation is 1. The van der Waals surface area contributed by atoms with Gasteiger partial charge >= 0.3 is 0 Å². The highest BCUT2D eigenvalue weighted by Gasteiger charge is 2.20. The summed E-state index contributed by atoms with van der Waals surface area (Å²) in [6, 6.07) is 16.2. The lowest BCUT2D eigenvalue weighted by Gasteiger charge is -2.21. The van der Waals surface area contributed by atoms with E-state index in [0.717, 1.165) is 40.1 Å². The van der Waals surface area contributed by atoms with Gasteiger partial charge < -0.3 is 5.32 Å². The van der Waals surface area contributed by atoms with Crippen LogP contribution in [0.1, 0.15) is 43.6 Å². The molecule has 0 aliphatic rings. The molecule has 3 rings (SSSR count). The molecule has 0 aliphatic heterocycles. The maximum atomic E-state index is 12.4. The van der Waals surface area contributed by atoms with Crippen LogP contribution in [0, 0.1) is 0 Å². The van der Waals surface area contributed by atoms with E-state index in [4.69, 9.17) is 16.6 Å². The molecule has 3 aromatic rings. The molecule has 4 nitrogen and oxygen atoms in total. The van der Waals surface area contributed by atoms with Gasteiger partial charge in [-0.1, -0.05) is 48.9 Å². The van der Waals surface area contributed by atoms with Crippen LogP contribution < -0.4 is 10.2 Å². The molecule has 146 valence electrons. The molecule has 1 amide bonds. The van der Waals surface area contributed by atoms with Gasteiger partial charge in [0.2, 0.25) is 5.91 Å². The number of amides is 1. The number of benzene rings is 2. The third-order valence-corrected chi connectivity index (χ3v) is 5.86. The fourth-order valence-corrected chi connectivity index (χ4v) is 4.15. The number of anilines is 2. The summed E-state index contributed by atoms with van der Waals surface area (Å²) >= 11 is 7.47. The third kappa shape index (κ3) is 4.79. The summed E-state index contributed by atoms with van der Waals surface area (Å²) in [5, 5.41) is 5.73. The lowest BCUT2D eigenvalue weighted by Crippen LogP contribution is -2.83. The van der Waals surface area contributed by atoms with Gasteiger partial charge in [0.1, 0.15) is 18.3 Å². The molecule has 1 atom stereocenters. The van der Waals surface area contributed by atoms with Gasteiger partial charge in [-0.15, -0.1) is 11.3 Å². The molecule has 0 fully saturated rings. The molecule has 0 spiro atoms. The molecular formula is C22H25ClN3OS+. The van der Waals surface area contributed by atoms with Gasteiger partial charge in [-0.2, -0.15) is 0 Å². The molecule has 0 saturated heterocycles. The second kappa shape index (κ2) is 9.32. The molecule has 2 N–H and O–H groups in total.